The maximum atomic E-state index is 9.63. The van der Waals surface area contributed by atoms with E-state index in [0.29, 0.717) is 0 Å². The number of aromatic nitrogens is 1. The molecule has 0 aromatic carbocycles. The van der Waals surface area contributed by atoms with Crippen LogP contribution in [-0.2, 0) is 21.6 Å². The Kier molecular flexibility index (Phi) is 27.9. The Hall–Kier alpha value is -3.05. The number of carbonyl (C=O) groups is 1. The molecule has 1 rings (SSSR count). The third-order valence-electron chi connectivity index (χ3n) is 2.42. The molecule has 1 aromatic heterocycles. The topological polar surface area (TPSA) is 166 Å². The maximum Gasteiger partial charge on any atom is 0.0967 e. The molecule has 1 aromatic rings. The number of carbonyl (C=O) groups excluding carboxylic acids is 1. The van der Waals surface area contributed by atoms with Crippen molar-refractivity contribution in [3.8, 4) is 0 Å². The molecule has 10 nitrogen and oxygen atoms in total. The fourth-order valence-electron chi connectivity index (χ4n) is 0.589. The van der Waals surface area contributed by atoms with Gasteiger partial charge in [0.05, 0.1) is 22.8 Å². The molecule has 0 amide bonds. The van der Waals surface area contributed by atoms with Crippen LogP contribution in [0.4, 0.5) is 0 Å². The molecule has 0 unspecified atom stereocenters. The number of pyridine rings is 1. The zero-order valence-electron chi connectivity index (χ0n) is 16.2. The molecule has 0 aliphatic rings. The Balaban J connectivity index is -0.000000138. The standard InChI is InChI=1S/C5H5N.2C4H8N2O2.C4H5O.Co/c1-2-4-6-5-3-1;2*1-3(5-7)4(2)6-8;1-3-4(2)5;/h1-5H;2*7-8H,1-2H3;1,3H,2H3;/q;;;-1;/p-2/b;2*5-3+,6-4+;;. The second kappa shape index (κ2) is 23.9. The number of rotatable bonds is 3. The molecular formula is C17H24CoN5O5-3. The van der Waals surface area contributed by atoms with Crippen molar-refractivity contribution in [1.82, 2.24) is 4.98 Å². The van der Waals surface area contributed by atoms with Crippen molar-refractivity contribution in [2.75, 3.05) is 0 Å². The average molecular weight is 437 g/mol. The number of ketones is 1. The largest absolute Gasteiger partial charge is 0.792 e. The first-order valence-corrected chi connectivity index (χ1v) is 7.34. The van der Waals surface area contributed by atoms with Gasteiger partial charge in [0, 0.05) is 29.2 Å². The molecule has 2 N–H and O–H groups in total. The van der Waals surface area contributed by atoms with Crippen molar-refractivity contribution in [2.24, 2.45) is 20.6 Å². The molecule has 28 heavy (non-hydrogen) atoms. The summed E-state index contributed by atoms with van der Waals surface area (Å²) in [7, 11) is 0. The van der Waals surface area contributed by atoms with Crippen LogP contribution in [0.15, 0.2) is 57.3 Å². The molecule has 0 bridgehead atoms. The molecule has 1 heterocycles. The van der Waals surface area contributed by atoms with E-state index in [1.807, 2.05) is 18.2 Å². The summed E-state index contributed by atoms with van der Waals surface area (Å²) >= 11 is 0. The smallest absolute Gasteiger partial charge is 0.0967 e. The van der Waals surface area contributed by atoms with Gasteiger partial charge in [-0.2, -0.15) is 0 Å². The summed E-state index contributed by atoms with van der Waals surface area (Å²) in [5.74, 6) is -0.0926. The van der Waals surface area contributed by atoms with Gasteiger partial charge in [-0.15, -0.1) is 0 Å². The van der Waals surface area contributed by atoms with E-state index >= 15 is 0 Å². The molecule has 0 aliphatic heterocycles. The van der Waals surface area contributed by atoms with E-state index in [-0.39, 0.29) is 45.4 Å². The quantitative estimate of drug-likeness (QED) is 0.242. The van der Waals surface area contributed by atoms with Crippen LogP contribution in [0, 0.1) is 17.0 Å². The second-order valence-corrected chi connectivity index (χ2v) is 4.53. The first kappa shape index (κ1) is 32.6. The number of hydrogen-bond acceptors (Lipinski definition) is 10. The molecule has 0 aliphatic carbocycles. The van der Waals surface area contributed by atoms with Gasteiger partial charge in [-0.1, -0.05) is 23.3 Å². The van der Waals surface area contributed by atoms with Crippen molar-refractivity contribution in [3.05, 3.63) is 53.7 Å². The minimum Gasteiger partial charge on any atom is -0.792 e. The summed E-state index contributed by atoms with van der Waals surface area (Å²) in [6, 6.07) is 5.72. The van der Waals surface area contributed by atoms with Crippen LogP contribution in [0.5, 0.6) is 0 Å². The summed E-state index contributed by atoms with van der Waals surface area (Å²) in [6.45, 7) is 12.0. The van der Waals surface area contributed by atoms with Crippen LogP contribution in [0.2, 0.25) is 0 Å². The monoisotopic (exact) mass is 437 g/mol. The number of hydrogen-bond donors (Lipinski definition) is 2. The number of allylic oxidation sites excluding steroid dienone is 1. The Labute approximate surface area is 174 Å². The predicted molar refractivity (Wildman–Crippen MR) is 107 cm³/mol. The van der Waals surface area contributed by atoms with Crippen molar-refractivity contribution < 1.29 is 32.0 Å². The molecule has 0 saturated carbocycles. The van der Waals surface area contributed by atoms with Gasteiger partial charge in [0.25, 0.3) is 0 Å². The summed E-state index contributed by atoms with van der Waals surface area (Å²) in [4.78, 5) is 13.4. The molecule has 11 heteroatoms. The third kappa shape index (κ3) is 25.2. The van der Waals surface area contributed by atoms with Crippen molar-refractivity contribution >= 4 is 28.6 Å². The van der Waals surface area contributed by atoms with Crippen LogP contribution in [0.1, 0.15) is 34.6 Å². The summed E-state index contributed by atoms with van der Waals surface area (Å²) in [5, 5.41) is 45.8. The first-order chi connectivity index (χ1) is 12.7. The van der Waals surface area contributed by atoms with Gasteiger partial charge in [-0.3, -0.25) is 11.6 Å². The number of oxime groups is 2. The third-order valence-corrected chi connectivity index (χ3v) is 2.42. The SMILES string of the molecule is CC(=N\[O-])/C(C)=N/O.CC(=N\[O-])/C(C)=N/O.[CH-]=CC(C)=O.[Co].c1ccncc1. The Morgan fingerprint density at radius 1 is 0.857 bits per heavy atom. The minimum atomic E-state index is -0.0926. The van der Waals surface area contributed by atoms with E-state index in [9.17, 15) is 15.2 Å². The Morgan fingerprint density at radius 3 is 1.25 bits per heavy atom. The molecule has 0 spiro atoms. The average Bonchev–Trinajstić information content (AvgIpc) is 2.73. The minimum absolute atomic E-state index is 0. The maximum absolute atomic E-state index is 9.63. The van der Waals surface area contributed by atoms with Crippen LogP contribution in [0.3, 0.4) is 0 Å². The van der Waals surface area contributed by atoms with Crippen LogP contribution in [-0.4, -0.2) is 44.0 Å². The molecular weight excluding hydrogens is 413 g/mol. The zero-order chi connectivity index (χ0) is 21.7. The van der Waals surface area contributed by atoms with E-state index in [0.717, 1.165) is 6.08 Å². The molecule has 0 saturated heterocycles. The first-order valence-electron chi connectivity index (χ1n) is 7.34. The summed E-state index contributed by atoms with van der Waals surface area (Å²) < 4.78 is 0. The van der Waals surface area contributed by atoms with Gasteiger partial charge < -0.3 is 35.9 Å². The van der Waals surface area contributed by atoms with E-state index < -0.39 is 0 Å². The fraction of sp³-hybridized carbons (Fsp3) is 0.294. The summed E-state index contributed by atoms with van der Waals surface area (Å²) in [6.07, 6.45) is 4.53. The second-order valence-electron chi connectivity index (χ2n) is 4.53. The fourth-order valence-corrected chi connectivity index (χ4v) is 0.589. The van der Waals surface area contributed by atoms with Gasteiger partial charge in [-0.25, -0.2) is 6.08 Å². The predicted octanol–water partition coefficient (Wildman–Crippen LogP) is 3.23. The van der Waals surface area contributed by atoms with Crippen LogP contribution >= 0.6 is 0 Å². The van der Waals surface area contributed by atoms with E-state index in [1.165, 1.54) is 34.6 Å². The Morgan fingerprint density at radius 2 is 1.18 bits per heavy atom. The molecule has 0 fully saturated rings. The number of nitrogens with zero attached hydrogens (tertiary/aromatic N) is 5. The van der Waals surface area contributed by atoms with Gasteiger partial charge in [0.15, 0.2) is 0 Å². The molecule has 1 radical (unpaired) electrons. The van der Waals surface area contributed by atoms with Crippen LogP contribution in [0.25, 0.3) is 0 Å². The van der Waals surface area contributed by atoms with Crippen molar-refractivity contribution in [3.63, 3.8) is 0 Å². The van der Waals surface area contributed by atoms with Crippen LogP contribution < -0.4 is 0 Å². The zero-order valence-corrected chi connectivity index (χ0v) is 17.3. The summed E-state index contributed by atoms with van der Waals surface area (Å²) in [5.41, 5.74) is 0.903. The van der Waals surface area contributed by atoms with Gasteiger partial charge in [-0.05, 0) is 45.6 Å². The molecule has 159 valence electrons. The van der Waals surface area contributed by atoms with Gasteiger partial charge in [0.2, 0.25) is 0 Å². The van der Waals surface area contributed by atoms with Crippen molar-refractivity contribution in [1.29, 1.82) is 0 Å². The van der Waals surface area contributed by atoms with Gasteiger partial charge in [0.1, 0.15) is 0 Å². The molecule has 0 atom stereocenters. The van der Waals surface area contributed by atoms with Crippen molar-refractivity contribution in [2.45, 2.75) is 34.6 Å². The normalized spacial score (nSPS) is 11.0. The Bertz CT molecular complexity index is 556. The van der Waals surface area contributed by atoms with E-state index in [2.05, 4.69) is 25.6 Å². The van der Waals surface area contributed by atoms with E-state index in [4.69, 9.17) is 17.0 Å². The van der Waals surface area contributed by atoms with Gasteiger partial charge >= 0.3 is 0 Å². The van der Waals surface area contributed by atoms with E-state index in [1.54, 1.807) is 12.4 Å².